The molecular formula is C9H20F3N2P. The van der Waals surface area contributed by atoms with Crippen LogP contribution in [-0.2, 0) is 0 Å². The number of halogens is 3. The minimum absolute atomic E-state index is 0.443. The molecule has 0 aromatic heterocycles. The summed E-state index contributed by atoms with van der Waals surface area (Å²) in [7, 11) is -2.16. The van der Waals surface area contributed by atoms with E-state index in [1.807, 2.05) is 0 Å². The standard InChI is InChI=1S/C9H20F3N2P/c1-5-13(6-2)15(9(10,11)12)14(7-3)8-4/h5-8H2,1-4H3. The van der Waals surface area contributed by atoms with Crippen molar-refractivity contribution in [1.29, 1.82) is 0 Å². The van der Waals surface area contributed by atoms with Gasteiger partial charge in [0.1, 0.15) is 0 Å². The van der Waals surface area contributed by atoms with Crippen LogP contribution >= 0.6 is 8.22 Å². The summed E-state index contributed by atoms with van der Waals surface area (Å²) in [6.07, 6.45) is 0. The summed E-state index contributed by atoms with van der Waals surface area (Å²) in [5.41, 5.74) is 0. The van der Waals surface area contributed by atoms with Crippen LogP contribution in [0.5, 0.6) is 0 Å². The molecule has 0 aromatic carbocycles. The highest BCUT2D eigenvalue weighted by atomic mass is 31.1. The zero-order valence-corrected chi connectivity index (χ0v) is 10.7. The Morgan fingerprint density at radius 2 is 1.07 bits per heavy atom. The summed E-state index contributed by atoms with van der Waals surface area (Å²) < 4.78 is 41.7. The van der Waals surface area contributed by atoms with E-state index in [4.69, 9.17) is 0 Å². The van der Waals surface area contributed by atoms with E-state index in [0.717, 1.165) is 0 Å². The molecule has 0 unspecified atom stereocenters. The highest BCUT2D eigenvalue weighted by Gasteiger charge is 2.46. The second-order valence-corrected chi connectivity index (χ2v) is 5.25. The molecule has 0 fully saturated rings. The fourth-order valence-electron chi connectivity index (χ4n) is 1.48. The molecule has 0 atom stereocenters. The Balaban J connectivity index is 4.85. The monoisotopic (exact) mass is 244 g/mol. The SMILES string of the molecule is CCN(CC)P(N(CC)CC)C(F)(F)F. The molecule has 0 heterocycles. The smallest absolute Gasteiger partial charge is 0.263 e. The zero-order chi connectivity index (χ0) is 12.1. The third-order valence-electron chi connectivity index (χ3n) is 2.22. The summed E-state index contributed by atoms with van der Waals surface area (Å²) in [5.74, 6) is -4.12. The Morgan fingerprint density at radius 1 is 0.800 bits per heavy atom. The van der Waals surface area contributed by atoms with Gasteiger partial charge in [0, 0.05) is 26.2 Å². The fraction of sp³-hybridized carbons (Fsp3) is 1.00. The van der Waals surface area contributed by atoms with E-state index in [0.29, 0.717) is 26.2 Å². The molecule has 0 saturated heterocycles. The van der Waals surface area contributed by atoms with Crippen LogP contribution in [-0.4, -0.2) is 41.4 Å². The Labute approximate surface area is 91.3 Å². The van der Waals surface area contributed by atoms with Gasteiger partial charge in [-0.1, -0.05) is 27.7 Å². The molecule has 0 N–H and O–H groups in total. The van der Waals surface area contributed by atoms with Crippen LogP contribution in [0, 0.1) is 0 Å². The average Bonchev–Trinajstić information content (AvgIpc) is 2.17. The second kappa shape index (κ2) is 6.66. The van der Waals surface area contributed by atoms with Crippen LogP contribution in [0.1, 0.15) is 27.7 Å². The average molecular weight is 244 g/mol. The fourth-order valence-corrected chi connectivity index (χ4v) is 3.55. The Bertz CT molecular complexity index is 155. The minimum Gasteiger partial charge on any atom is -0.263 e. The van der Waals surface area contributed by atoms with Crippen molar-refractivity contribution in [3.8, 4) is 0 Å². The van der Waals surface area contributed by atoms with E-state index in [-0.39, 0.29) is 0 Å². The van der Waals surface area contributed by atoms with Crippen molar-refractivity contribution < 1.29 is 13.2 Å². The maximum Gasteiger partial charge on any atom is 0.433 e. The lowest BCUT2D eigenvalue weighted by atomic mass is 10.7. The van der Waals surface area contributed by atoms with E-state index >= 15 is 0 Å². The van der Waals surface area contributed by atoms with Crippen molar-refractivity contribution in [2.75, 3.05) is 26.2 Å². The van der Waals surface area contributed by atoms with Crippen LogP contribution in [0.2, 0.25) is 0 Å². The molecular weight excluding hydrogens is 224 g/mol. The largest absolute Gasteiger partial charge is 0.433 e. The van der Waals surface area contributed by atoms with Gasteiger partial charge >= 0.3 is 5.92 Å². The molecule has 15 heavy (non-hydrogen) atoms. The van der Waals surface area contributed by atoms with Gasteiger partial charge in [0.15, 0.2) is 8.22 Å². The van der Waals surface area contributed by atoms with E-state index in [9.17, 15) is 13.2 Å². The zero-order valence-electron chi connectivity index (χ0n) is 9.80. The van der Waals surface area contributed by atoms with Gasteiger partial charge in [0.05, 0.1) is 0 Å². The lowest BCUT2D eigenvalue weighted by molar-refractivity contribution is -0.0504. The van der Waals surface area contributed by atoms with Gasteiger partial charge in [0.2, 0.25) is 0 Å². The van der Waals surface area contributed by atoms with Gasteiger partial charge in [-0.3, -0.25) is 9.34 Å². The summed E-state index contributed by atoms with van der Waals surface area (Å²) in [5, 5.41) is 0. The quantitative estimate of drug-likeness (QED) is 0.660. The Morgan fingerprint density at radius 3 is 1.20 bits per heavy atom. The molecule has 92 valence electrons. The van der Waals surface area contributed by atoms with E-state index in [1.54, 1.807) is 27.7 Å². The molecule has 0 radical (unpaired) electrons. The molecule has 0 amide bonds. The third-order valence-corrected chi connectivity index (χ3v) is 4.88. The van der Waals surface area contributed by atoms with Crippen LogP contribution in [0.25, 0.3) is 0 Å². The minimum atomic E-state index is -4.12. The van der Waals surface area contributed by atoms with Crippen molar-refractivity contribution in [3.63, 3.8) is 0 Å². The molecule has 0 aliphatic rings. The van der Waals surface area contributed by atoms with Crippen molar-refractivity contribution in [2.45, 2.75) is 33.6 Å². The maximum absolute atomic E-state index is 12.9. The molecule has 0 rings (SSSR count). The lowest BCUT2D eigenvalue weighted by Crippen LogP contribution is -2.35. The van der Waals surface area contributed by atoms with Crippen LogP contribution in [0.3, 0.4) is 0 Å². The highest BCUT2D eigenvalue weighted by Crippen LogP contribution is 2.57. The first-order chi connectivity index (χ1) is 6.92. The topological polar surface area (TPSA) is 6.48 Å². The van der Waals surface area contributed by atoms with Gasteiger partial charge in [0.25, 0.3) is 0 Å². The van der Waals surface area contributed by atoms with E-state index in [2.05, 4.69) is 0 Å². The number of alkyl halides is 3. The molecule has 0 aliphatic heterocycles. The summed E-state index contributed by atoms with van der Waals surface area (Å²) >= 11 is 0. The Kier molecular flexibility index (Phi) is 6.73. The number of hydrogen-bond acceptors (Lipinski definition) is 2. The van der Waals surface area contributed by atoms with Gasteiger partial charge in [-0.2, -0.15) is 13.2 Å². The number of rotatable bonds is 6. The molecule has 2 nitrogen and oxygen atoms in total. The highest BCUT2D eigenvalue weighted by molar-refractivity contribution is 7.53. The summed E-state index contributed by atoms with van der Waals surface area (Å²) in [6.45, 7) is 8.86. The number of hydrogen-bond donors (Lipinski definition) is 0. The third kappa shape index (κ3) is 4.25. The van der Waals surface area contributed by atoms with Crippen LogP contribution in [0.4, 0.5) is 13.2 Å². The van der Waals surface area contributed by atoms with E-state index < -0.39 is 14.1 Å². The van der Waals surface area contributed by atoms with Crippen molar-refractivity contribution in [1.82, 2.24) is 9.34 Å². The molecule has 0 aliphatic carbocycles. The molecule has 0 spiro atoms. The Hall–Kier alpha value is 0.140. The lowest BCUT2D eigenvalue weighted by Gasteiger charge is -2.37. The van der Waals surface area contributed by atoms with Crippen molar-refractivity contribution >= 4 is 8.22 Å². The molecule has 0 saturated carbocycles. The van der Waals surface area contributed by atoms with E-state index in [1.165, 1.54) is 9.34 Å². The second-order valence-electron chi connectivity index (χ2n) is 3.04. The maximum atomic E-state index is 12.9. The first kappa shape index (κ1) is 15.1. The van der Waals surface area contributed by atoms with Crippen LogP contribution < -0.4 is 0 Å². The molecule has 6 heteroatoms. The summed E-state index contributed by atoms with van der Waals surface area (Å²) in [4.78, 5) is 0. The van der Waals surface area contributed by atoms with Gasteiger partial charge in [-0.15, -0.1) is 0 Å². The van der Waals surface area contributed by atoms with Crippen molar-refractivity contribution in [3.05, 3.63) is 0 Å². The van der Waals surface area contributed by atoms with Crippen molar-refractivity contribution in [2.24, 2.45) is 0 Å². The van der Waals surface area contributed by atoms with Gasteiger partial charge in [-0.05, 0) is 0 Å². The van der Waals surface area contributed by atoms with Gasteiger partial charge < -0.3 is 0 Å². The predicted molar refractivity (Wildman–Crippen MR) is 58.8 cm³/mol. The first-order valence-corrected chi connectivity index (χ1v) is 6.53. The van der Waals surface area contributed by atoms with Gasteiger partial charge in [-0.25, -0.2) is 0 Å². The molecule has 0 aromatic rings. The normalized spacial score (nSPS) is 13.2. The first-order valence-electron chi connectivity index (χ1n) is 5.28. The molecule has 0 bridgehead atoms. The summed E-state index contributed by atoms with van der Waals surface area (Å²) in [6, 6.07) is 0. The van der Waals surface area contributed by atoms with Crippen LogP contribution in [0.15, 0.2) is 0 Å². The number of nitrogens with zero attached hydrogens (tertiary/aromatic N) is 2. The predicted octanol–water partition coefficient (Wildman–Crippen LogP) is 3.50.